The molecule has 1 aromatic heterocycles. The first-order valence-corrected chi connectivity index (χ1v) is 13.8. The molecule has 3 aromatic rings. The number of nitro groups is 1. The van der Waals surface area contributed by atoms with Crippen LogP contribution in [-0.4, -0.2) is 36.7 Å². The van der Waals surface area contributed by atoms with Crippen molar-refractivity contribution in [3.05, 3.63) is 67.6 Å². The van der Waals surface area contributed by atoms with E-state index in [1.54, 1.807) is 6.92 Å². The van der Waals surface area contributed by atoms with Gasteiger partial charge in [0.2, 0.25) is 5.60 Å². The maximum Gasteiger partial charge on any atom is 0.351 e. The lowest BCUT2D eigenvalue weighted by Gasteiger charge is -2.34. The molecule has 0 N–H and O–H groups in total. The largest absolute Gasteiger partial charge is 0.493 e. The van der Waals surface area contributed by atoms with Crippen molar-refractivity contribution in [1.29, 1.82) is 0 Å². The Morgan fingerprint density at radius 1 is 1.00 bits per heavy atom. The molecule has 1 saturated carbocycles. The normalized spacial score (nSPS) is 21.9. The summed E-state index contributed by atoms with van der Waals surface area (Å²) >= 11 is 0. The number of nitro benzene ring substituents is 1. The zero-order valence-electron chi connectivity index (χ0n) is 24.9. The number of rotatable bonds is 10. The van der Waals surface area contributed by atoms with Gasteiger partial charge < -0.3 is 28.1 Å². The van der Waals surface area contributed by atoms with E-state index in [2.05, 4.69) is 0 Å². The average molecular weight is 596 g/mol. The number of nitrogens with zero attached hydrogens (tertiary/aromatic N) is 1. The maximum absolute atomic E-state index is 13.6. The van der Waals surface area contributed by atoms with Crippen molar-refractivity contribution in [2.75, 3.05) is 14.2 Å². The molecule has 2 heterocycles. The molecule has 2 fully saturated rings. The summed E-state index contributed by atoms with van der Waals surface area (Å²) in [5, 5.41) is 12.1. The third-order valence-electron chi connectivity index (χ3n) is 9.28. The number of carbonyl (C=O) groups excluding carboxylic acids is 2. The van der Waals surface area contributed by atoms with Crippen molar-refractivity contribution in [1.82, 2.24) is 0 Å². The molecule has 12 nitrogen and oxygen atoms in total. The first kappa shape index (κ1) is 29.9. The van der Waals surface area contributed by atoms with E-state index in [0.717, 1.165) is 0 Å². The lowest BCUT2D eigenvalue weighted by Crippen LogP contribution is -2.48. The minimum Gasteiger partial charge on any atom is -0.493 e. The van der Waals surface area contributed by atoms with Crippen LogP contribution in [0.2, 0.25) is 0 Å². The third kappa shape index (κ3) is 4.47. The van der Waals surface area contributed by atoms with E-state index in [4.69, 9.17) is 28.1 Å². The molecule has 2 atom stereocenters. The molecule has 12 heteroatoms. The van der Waals surface area contributed by atoms with E-state index >= 15 is 0 Å². The van der Waals surface area contributed by atoms with Gasteiger partial charge in [0.1, 0.15) is 30.3 Å². The van der Waals surface area contributed by atoms with Crippen LogP contribution in [0.25, 0.3) is 11.0 Å². The van der Waals surface area contributed by atoms with Crippen LogP contribution in [0.4, 0.5) is 5.69 Å². The standard InChI is InChI=1S/C31H33NO11/c1-7-18-13-22(33)19-8-9-23(40-15-17-12-24(38-5)25(39-6)14-21(17)32(36)37)20(26(19)42-18)16-41-28(35)31-11-10-30(4,27(34)43-31)29(31,2)3/h8-9,12-14H,7,10-11,15-16H2,1-6H3/t30-,31+/m0/s1. The molecular weight excluding hydrogens is 562 g/mol. The molecule has 2 aromatic carbocycles. The van der Waals surface area contributed by atoms with Gasteiger partial charge in [-0.3, -0.25) is 19.7 Å². The summed E-state index contributed by atoms with van der Waals surface area (Å²) < 4.78 is 34.1. The van der Waals surface area contributed by atoms with Gasteiger partial charge >= 0.3 is 11.9 Å². The second-order valence-electron chi connectivity index (χ2n) is 11.5. The SMILES string of the molecule is CCc1cc(=O)c2ccc(OCc3cc(OC)c(OC)cc3[N+](=O)[O-])c(COC(=O)[C@@]34CC[C@@](C)(C(=O)O3)C4(C)C)c2o1. The van der Waals surface area contributed by atoms with Crippen LogP contribution >= 0.6 is 0 Å². The first-order chi connectivity index (χ1) is 20.3. The number of carbonyl (C=O) groups is 2. The van der Waals surface area contributed by atoms with Gasteiger partial charge in [0.05, 0.1) is 47.1 Å². The minimum absolute atomic E-state index is 0.160. The Kier molecular flexibility index (Phi) is 7.35. The Balaban J connectivity index is 1.53. The monoisotopic (exact) mass is 595 g/mol. The van der Waals surface area contributed by atoms with Gasteiger partial charge in [-0.2, -0.15) is 0 Å². The van der Waals surface area contributed by atoms with Crippen LogP contribution in [0, 0.1) is 20.9 Å². The number of esters is 2. The Labute approximate surface area is 247 Å². The second-order valence-corrected chi connectivity index (χ2v) is 11.5. The van der Waals surface area contributed by atoms with Crippen molar-refractivity contribution in [2.45, 2.75) is 65.8 Å². The highest BCUT2D eigenvalue weighted by Gasteiger charge is 2.76. The van der Waals surface area contributed by atoms with Crippen molar-refractivity contribution < 1.29 is 42.6 Å². The highest BCUT2D eigenvalue weighted by molar-refractivity contribution is 5.94. The van der Waals surface area contributed by atoms with Gasteiger partial charge in [-0.15, -0.1) is 0 Å². The van der Waals surface area contributed by atoms with E-state index in [1.807, 2.05) is 20.8 Å². The summed E-state index contributed by atoms with van der Waals surface area (Å²) in [7, 11) is 2.78. The molecule has 228 valence electrons. The molecule has 1 saturated heterocycles. The summed E-state index contributed by atoms with van der Waals surface area (Å²) in [5.41, 5.74) is -3.03. The van der Waals surface area contributed by atoms with Crippen LogP contribution < -0.4 is 19.6 Å². The fraction of sp³-hybridized carbons (Fsp3) is 0.452. The van der Waals surface area contributed by atoms with Crippen molar-refractivity contribution in [2.24, 2.45) is 10.8 Å². The predicted molar refractivity (Wildman–Crippen MR) is 152 cm³/mol. The Morgan fingerprint density at radius 2 is 1.70 bits per heavy atom. The quantitative estimate of drug-likeness (QED) is 0.176. The Hall–Kier alpha value is -4.61. The first-order valence-electron chi connectivity index (χ1n) is 13.8. The fourth-order valence-electron chi connectivity index (χ4n) is 6.06. The molecule has 0 amide bonds. The lowest BCUT2D eigenvalue weighted by molar-refractivity contribution is -0.385. The summed E-state index contributed by atoms with van der Waals surface area (Å²) in [6.45, 7) is 6.62. The van der Waals surface area contributed by atoms with Crippen LogP contribution in [0.3, 0.4) is 0 Å². The maximum atomic E-state index is 13.6. The molecule has 5 rings (SSSR count). The summed E-state index contributed by atoms with van der Waals surface area (Å²) in [4.78, 5) is 50.5. The zero-order valence-corrected chi connectivity index (χ0v) is 24.9. The molecule has 43 heavy (non-hydrogen) atoms. The predicted octanol–water partition coefficient (Wildman–Crippen LogP) is 5.02. The fourth-order valence-corrected chi connectivity index (χ4v) is 6.06. The van der Waals surface area contributed by atoms with E-state index in [1.165, 1.54) is 44.6 Å². The molecular formula is C31H33NO11. The molecule has 1 aliphatic carbocycles. The molecule has 0 radical (unpaired) electrons. The zero-order chi connectivity index (χ0) is 31.3. The summed E-state index contributed by atoms with van der Waals surface area (Å²) in [5.74, 6) is -0.104. The number of methoxy groups -OCH3 is 2. The Morgan fingerprint density at radius 3 is 2.28 bits per heavy atom. The second kappa shape index (κ2) is 10.6. The van der Waals surface area contributed by atoms with Gasteiger partial charge in [-0.25, -0.2) is 4.79 Å². The Bertz CT molecular complexity index is 1710. The molecule has 0 unspecified atom stereocenters. The van der Waals surface area contributed by atoms with Gasteiger partial charge in [0.25, 0.3) is 5.69 Å². The van der Waals surface area contributed by atoms with E-state index in [-0.39, 0.29) is 63.7 Å². The van der Waals surface area contributed by atoms with Crippen molar-refractivity contribution in [3.8, 4) is 17.2 Å². The average Bonchev–Trinajstić information content (AvgIpc) is 3.28. The molecule has 2 bridgehead atoms. The number of ether oxygens (including phenoxy) is 5. The van der Waals surface area contributed by atoms with Gasteiger partial charge in [0.15, 0.2) is 16.9 Å². The van der Waals surface area contributed by atoms with Crippen molar-refractivity contribution >= 4 is 28.6 Å². The van der Waals surface area contributed by atoms with Crippen LogP contribution in [0.5, 0.6) is 17.2 Å². The van der Waals surface area contributed by atoms with Gasteiger partial charge in [-0.1, -0.05) is 20.8 Å². The third-order valence-corrected chi connectivity index (χ3v) is 9.28. The van der Waals surface area contributed by atoms with Crippen LogP contribution in [0.15, 0.2) is 39.5 Å². The number of hydrogen-bond donors (Lipinski definition) is 0. The van der Waals surface area contributed by atoms with E-state index < -0.39 is 33.3 Å². The van der Waals surface area contributed by atoms with E-state index in [9.17, 15) is 24.5 Å². The van der Waals surface area contributed by atoms with Crippen LogP contribution in [0.1, 0.15) is 57.4 Å². The van der Waals surface area contributed by atoms with Gasteiger partial charge in [0, 0.05) is 17.9 Å². The van der Waals surface area contributed by atoms with Gasteiger partial charge in [-0.05, 0) is 38.0 Å². The smallest absolute Gasteiger partial charge is 0.351 e. The lowest BCUT2D eigenvalue weighted by atomic mass is 9.66. The summed E-state index contributed by atoms with van der Waals surface area (Å²) in [6.07, 6.45) is 1.23. The van der Waals surface area contributed by atoms with Crippen LogP contribution in [-0.2, 0) is 38.7 Å². The molecule has 0 spiro atoms. The minimum atomic E-state index is -1.46. The summed E-state index contributed by atoms with van der Waals surface area (Å²) in [6, 6.07) is 7.12. The number of hydrogen-bond acceptors (Lipinski definition) is 11. The number of benzene rings is 2. The highest BCUT2D eigenvalue weighted by Crippen LogP contribution is 2.65. The number of aryl methyl sites for hydroxylation is 1. The highest BCUT2D eigenvalue weighted by atomic mass is 16.6. The van der Waals surface area contributed by atoms with Crippen molar-refractivity contribution in [3.63, 3.8) is 0 Å². The number of fused-ring (bicyclic) bond motifs is 3. The molecule has 2 aliphatic rings. The molecule has 1 aliphatic heterocycles. The van der Waals surface area contributed by atoms with E-state index in [0.29, 0.717) is 25.0 Å². The topological polar surface area (TPSA) is 154 Å².